The molecule has 106 valence electrons. The van der Waals surface area contributed by atoms with Gasteiger partial charge in [-0.15, -0.1) is 0 Å². The number of carbonyl (C=O) groups excluding carboxylic acids is 1. The topological polar surface area (TPSA) is 71.2 Å². The Morgan fingerprint density at radius 3 is 2.90 bits per heavy atom. The third kappa shape index (κ3) is 3.48. The number of hydrogen-bond acceptors (Lipinski definition) is 4. The Kier molecular flexibility index (Phi) is 4.57. The molecule has 2 aromatic rings. The molecule has 1 amide bonds. The van der Waals surface area contributed by atoms with Crippen LogP contribution in [0.1, 0.15) is 20.9 Å². The fourth-order valence-corrected chi connectivity index (χ4v) is 2.61. The Balaban J connectivity index is 1.91. The van der Waals surface area contributed by atoms with Gasteiger partial charge in [-0.05, 0) is 31.0 Å². The van der Waals surface area contributed by atoms with Gasteiger partial charge in [-0.2, -0.15) is 0 Å². The van der Waals surface area contributed by atoms with Crippen molar-refractivity contribution >= 4 is 17.2 Å². The highest BCUT2D eigenvalue weighted by atomic mass is 32.1. The predicted molar refractivity (Wildman–Crippen MR) is 78.7 cm³/mol. The second-order valence-electron chi connectivity index (χ2n) is 4.33. The lowest BCUT2D eigenvalue weighted by molar-refractivity contribution is 0.0957. The maximum Gasteiger partial charge on any atom is 0.305 e. The summed E-state index contributed by atoms with van der Waals surface area (Å²) in [5.74, 6) is 0.585. The van der Waals surface area contributed by atoms with Gasteiger partial charge in [0.25, 0.3) is 5.91 Å². The minimum atomic E-state index is -0.214. The van der Waals surface area contributed by atoms with Gasteiger partial charge in [-0.3, -0.25) is 9.59 Å². The third-order valence-corrected chi connectivity index (χ3v) is 3.85. The normalized spacial score (nSPS) is 10.3. The van der Waals surface area contributed by atoms with Crippen LogP contribution in [0, 0.1) is 6.92 Å². The van der Waals surface area contributed by atoms with Crippen LogP contribution in [0.4, 0.5) is 0 Å². The molecular weight excluding hydrogens is 276 g/mol. The number of aryl methyl sites for hydroxylation is 1. The summed E-state index contributed by atoms with van der Waals surface area (Å²) in [5.41, 5.74) is 1.70. The molecule has 1 heterocycles. The number of aromatic amines is 1. The fraction of sp³-hybridized carbons (Fsp3) is 0.286. The van der Waals surface area contributed by atoms with Crippen molar-refractivity contribution in [3.63, 3.8) is 0 Å². The summed E-state index contributed by atoms with van der Waals surface area (Å²) in [7, 11) is 1.62. The Hall–Kier alpha value is -2.08. The van der Waals surface area contributed by atoms with Gasteiger partial charge in [0.1, 0.15) is 10.6 Å². The van der Waals surface area contributed by atoms with E-state index >= 15 is 0 Å². The van der Waals surface area contributed by atoms with E-state index in [9.17, 15) is 9.59 Å². The van der Waals surface area contributed by atoms with Crippen molar-refractivity contribution in [2.45, 2.75) is 13.3 Å². The average Bonchev–Trinajstić information content (AvgIpc) is 2.78. The minimum Gasteiger partial charge on any atom is -0.497 e. The number of thiazole rings is 1. The molecule has 0 saturated carbocycles. The molecule has 1 aromatic heterocycles. The van der Waals surface area contributed by atoms with Crippen molar-refractivity contribution in [1.82, 2.24) is 10.3 Å². The van der Waals surface area contributed by atoms with Crippen molar-refractivity contribution < 1.29 is 9.53 Å². The van der Waals surface area contributed by atoms with Gasteiger partial charge in [0, 0.05) is 12.2 Å². The Morgan fingerprint density at radius 1 is 1.45 bits per heavy atom. The lowest BCUT2D eigenvalue weighted by atomic mass is 10.1. The summed E-state index contributed by atoms with van der Waals surface area (Å²) in [6, 6.07) is 7.71. The van der Waals surface area contributed by atoms with Crippen LogP contribution in [0.5, 0.6) is 5.75 Å². The number of aromatic nitrogens is 1. The Labute approximate surface area is 120 Å². The van der Waals surface area contributed by atoms with Crippen LogP contribution < -0.4 is 14.9 Å². The molecule has 0 fully saturated rings. The van der Waals surface area contributed by atoms with Gasteiger partial charge >= 0.3 is 4.87 Å². The van der Waals surface area contributed by atoms with E-state index in [4.69, 9.17) is 4.74 Å². The zero-order chi connectivity index (χ0) is 14.5. The largest absolute Gasteiger partial charge is 0.497 e. The Morgan fingerprint density at radius 2 is 2.25 bits per heavy atom. The van der Waals surface area contributed by atoms with Gasteiger partial charge < -0.3 is 15.0 Å². The zero-order valence-corrected chi connectivity index (χ0v) is 12.2. The lowest BCUT2D eigenvalue weighted by Gasteiger charge is -2.06. The second-order valence-corrected chi connectivity index (χ2v) is 5.31. The molecule has 1 aromatic carbocycles. The molecule has 0 saturated heterocycles. The summed E-state index contributed by atoms with van der Waals surface area (Å²) in [4.78, 5) is 25.9. The first-order valence-electron chi connectivity index (χ1n) is 6.21. The molecule has 6 heteroatoms. The molecule has 20 heavy (non-hydrogen) atoms. The molecule has 0 radical (unpaired) electrons. The van der Waals surface area contributed by atoms with Crippen LogP contribution in [-0.2, 0) is 6.42 Å². The average molecular weight is 292 g/mol. The first-order chi connectivity index (χ1) is 9.60. The number of carbonyl (C=O) groups is 1. The monoisotopic (exact) mass is 292 g/mol. The summed E-state index contributed by atoms with van der Waals surface area (Å²) in [6.07, 6.45) is 0.710. The number of benzene rings is 1. The van der Waals surface area contributed by atoms with E-state index in [1.807, 2.05) is 24.3 Å². The van der Waals surface area contributed by atoms with Crippen molar-refractivity contribution in [2.24, 2.45) is 0 Å². The van der Waals surface area contributed by atoms with Crippen LogP contribution in [0.2, 0.25) is 0 Å². The Bertz CT molecular complexity index is 660. The van der Waals surface area contributed by atoms with E-state index in [2.05, 4.69) is 10.3 Å². The molecule has 0 atom stereocenters. The summed E-state index contributed by atoms with van der Waals surface area (Å²) < 4.78 is 5.15. The predicted octanol–water partition coefficient (Wildman–Crippen LogP) is 1.73. The van der Waals surface area contributed by atoms with Crippen LogP contribution in [0.15, 0.2) is 29.1 Å². The van der Waals surface area contributed by atoms with E-state index < -0.39 is 0 Å². The number of rotatable bonds is 5. The molecule has 0 aliphatic carbocycles. The van der Waals surface area contributed by atoms with E-state index in [-0.39, 0.29) is 10.8 Å². The first kappa shape index (κ1) is 14.3. The molecular formula is C14H16N2O3S. The van der Waals surface area contributed by atoms with Crippen LogP contribution in [-0.4, -0.2) is 24.5 Å². The van der Waals surface area contributed by atoms with Crippen molar-refractivity contribution in [3.05, 3.63) is 50.1 Å². The number of ether oxygens (including phenoxy) is 1. The second kappa shape index (κ2) is 6.38. The molecule has 0 spiro atoms. The standard InChI is InChI=1S/C14H16N2O3S/c1-9-12(20-14(18)16-9)13(17)15-7-6-10-4-3-5-11(8-10)19-2/h3-5,8H,6-7H2,1-2H3,(H,15,17)(H,16,18). The number of amides is 1. The summed E-state index contributed by atoms with van der Waals surface area (Å²) >= 11 is 0.932. The number of hydrogen-bond donors (Lipinski definition) is 2. The molecule has 0 unspecified atom stereocenters. The summed E-state index contributed by atoms with van der Waals surface area (Å²) in [6.45, 7) is 2.23. The molecule has 2 N–H and O–H groups in total. The smallest absolute Gasteiger partial charge is 0.305 e. The van der Waals surface area contributed by atoms with E-state index in [1.165, 1.54) is 0 Å². The van der Waals surface area contributed by atoms with Gasteiger partial charge in [0.15, 0.2) is 0 Å². The fourth-order valence-electron chi connectivity index (χ4n) is 1.85. The third-order valence-electron chi connectivity index (χ3n) is 2.86. The van der Waals surface area contributed by atoms with E-state index in [0.717, 1.165) is 22.6 Å². The SMILES string of the molecule is COc1cccc(CCNC(=O)c2sc(=O)[nH]c2C)c1. The van der Waals surface area contributed by atoms with E-state index in [1.54, 1.807) is 14.0 Å². The van der Waals surface area contributed by atoms with Gasteiger partial charge in [-0.1, -0.05) is 23.5 Å². The van der Waals surface area contributed by atoms with Crippen molar-refractivity contribution in [3.8, 4) is 5.75 Å². The first-order valence-corrected chi connectivity index (χ1v) is 7.02. The minimum absolute atomic E-state index is 0.208. The van der Waals surface area contributed by atoms with Crippen molar-refractivity contribution in [1.29, 1.82) is 0 Å². The lowest BCUT2D eigenvalue weighted by Crippen LogP contribution is -2.25. The molecule has 0 aliphatic heterocycles. The van der Waals surface area contributed by atoms with Crippen molar-refractivity contribution in [2.75, 3.05) is 13.7 Å². The quantitative estimate of drug-likeness (QED) is 0.881. The van der Waals surface area contributed by atoms with Crippen LogP contribution in [0.25, 0.3) is 0 Å². The number of methoxy groups -OCH3 is 1. The molecule has 5 nitrogen and oxygen atoms in total. The maximum atomic E-state index is 11.9. The zero-order valence-electron chi connectivity index (χ0n) is 11.4. The maximum absolute atomic E-state index is 11.9. The highest BCUT2D eigenvalue weighted by Gasteiger charge is 2.12. The highest BCUT2D eigenvalue weighted by molar-refractivity contribution is 7.11. The number of H-pyrrole nitrogens is 1. The van der Waals surface area contributed by atoms with E-state index in [0.29, 0.717) is 23.5 Å². The van der Waals surface area contributed by atoms with Crippen LogP contribution >= 0.6 is 11.3 Å². The van der Waals surface area contributed by atoms with Gasteiger partial charge in [-0.25, -0.2) is 0 Å². The highest BCUT2D eigenvalue weighted by Crippen LogP contribution is 2.13. The van der Waals surface area contributed by atoms with Gasteiger partial charge in [0.2, 0.25) is 0 Å². The molecule has 2 rings (SSSR count). The molecule has 0 aliphatic rings. The van der Waals surface area contributed by atoms with Gasteiger partial charge in [0.05, 0.1) is 7.11 Å². The van der Waals surface area contributed by atoms with Crippen LogP contribution in [0.3, 0.4) is 0 Å². The summed E-state index contributed by atoms with van der Waals surface area (Å²) in [5, 5.41) is 2.81. The number of nitrogens with one attached hydrogen (secondary N) is 2. The molecule has 0 bridgehead atoms.